The van der Waals surface area contributed by atoms with Crippen LogP contribution >= 0.6 is 0 Å². The zero-order valence-electron chi connectivity index (χ0n) is 19.4. The summed E-state index contributed by atoms with van der Waals surface area (Å²) in [5, 5.41) is 7.04. The quantitative estimate of drug-likeness (QED) is 0.287. The van der Waals surface area contributed by atoms with Gasteiger partial charge >= 0.3 is 22.4 Å². The Hall–Kier alpha value is -4.17. The minimum Gasteiger partial charge on any atom is -0.489 e. The summed E-state index contributed by atoms with van der Waals surface area (Å²) in [6.07, 6.45) is 0. The largest absolute Gasteiger partial charge is 0.489 e. The summed E-state index contributed by atoms with van der Waals surface area (Å²) >= 11 is 0. The van der Waals surface area contributed by atoms with Crippen LogP contribution in [0.5, 0.6) is 5.75 Å². The maximum absolute atomic E-state index is 13.0. The zero-order valence-corrected chi connectivity index (χ0v) is 20.2. The molecule has 0 radical (unpaired) electrons. The fourth-order valence-corrected chi connectivity index (χ4v) is 3.94. The van der Waals surface area contributed by atoms with Gasteiger partial charge in [0.25, 0.3) is 5.91 Å². The van der Waals surface area contributed by atoms with E-state index in [-0.39, 0.29) is 4.31 Å². The maximum Gasteiger partial charge on any atom is 0.362 e. The molecule has 1 saturated heterocycles. The van der Waals surface area contributed by atoms with Crippen molar-refractivity contribution in [3.63, 3.8) is 0 Å². The van der Waals surface area contributed by atoms with Gasteiger partial charge in [-0.1, -0.05) is 42.5 Å². The van der Waals surface area contributed by atoms with Gasteiger partial charge in [-0.2, -0.15) is 8.42 Å². The Morgan fingerprint density at radius 3 is 2.31 bits per heavy atom. The minimum atomic E-state index is -4.73. The standard InChI is InChI=1S/C22H25N5O8S/c1-23-21(30)26(2)22(31)25-18(19(28)24-17-12-27(20(17)29)36(32,33)34)15-8-10-16(11-9-15)35-13-14-6-4-3-5-7-14/h3-11,17-18H,12-13H2,1-2H3,(H,23,30)(H,24,28)(H,25,31)(H,32,33,34). The number of ether oxygens (including phenoxy) is 1. The SMILES string of the molecule is CNC(=O)N(C)C(=O)NC(C(=O)NC1CN(S(=O)(=O)O)C1=O)c1ccc(OCc2ccccc2)cc1. The van der Waals surface area contributed by atoms with Crippen molar-refractivity contribution in [2.45, 2.75) is 18.7 Å². The van der Waals surface area contributed by atoms with E-state index < -0.39 is 52.8 Å². The number of nitrogens with zero attached hydrogens (tertiary/aromatic N) is 2. The Kier molecular flexibility index (Phi) is 8.11. The summed E-state index contributed by atoms with van der Waals surface area (Å²) in [5.41, 5.74) is 1.25. The van der Waals surface area contributed by atoms with Gasteiger partial charge < -0.3 is 20.7 Å². The number of carbonyl (C=O) groups is 4. The number of hydrogen-bond donors (Lipinski definition) is 4. The molecule has 2 atom stereocenters. The lowest BCUT2D eigenvalue weighted by Gasteiger charge is -2.36. The Labute approximate surface area is 207 Å². The van der Waals surface area contributed by atoms with Crippen molar-refractivity contribution >= 4 is 34.2 Å². The molecule has 2 aromatic rings. The van der Waals surface area contributed by atoms with Crippen LogP contribution in [0.2, 0.25) is 0 Å². The third-order valence-corrected chi connectivity index (χ3v) is 6.19. The molecule has 36 heavy (non-hydrogen) atoms. The molecule has 1 aliphatic rings. The van der Waals surface area contributed by atoms with Gasteiger partial charge in [0.2, 0.25) is 5.91 Å². The molecule has 2 aromatic carbocycles. The molecule has 13 nitrogen and oxygen atoms in total. The number of β-lactam (4-membered cyclic amide) rings is 1. The van der Waals surface area contributed by atoms with Gasteiger partial charge in [0.1, 0.15) is 24.4 Å². The van der Waals surface area contributed by atoms with E-state index >= 15 is 0 Å². The van der Waals surface area contributed by atoms with Crippen LogP contribution in [0.1, 0.15) is 17.2 Å². The monoisotopic (exact) mass is 519 g/mol. The van der Waals surface area contributed by atoms with Crippen molar-refractivity contribution in [2.24, 2.45) is 0 Å². The first kappa shape index (κ1) is 26.4. The second-order valence-corrected chi connectivity index (χ2v) is 9.08. The Bertz CT molecular complexity index is 1240. The number of benzene rings is 2. The van der Waals surface area contributed by atoms with Gasteiger partial charge in [-0.15, -0.1) is 0 Å². The molecule has 0 aliphatic carbocycles. The Morgan fingerprint density at radius 2 is 1.75 bits per heavy atom. The predicted molar refractivity (Wildman–Crippen MR) is 126 cm³/mol. The number of amides is 6. The van der Waals surface area contributed by atoms with Crippen molar-refractivity contribution in [3.8, 4) is 5.75 Å². The van der Waals surface area contributed by atoms with E-state index in [2.05, 4.69) is 16.0 Å². The second kappa shape index (κ2) is 11.0. The lowest BCUT2D eigenvalue weighted by Crippen LogP contribution is -2.66. The molecular weight excluding hydrogens is 494 g/mol. The van der Waals surface area contributed by atoms with Crippen LogP contribution in [0, 0.1) is 0 Å². The summed E-state index contributed by atoms with van der Waals surface area (Å²) in [5.74, 6) is -1.36. The van der Waals surface area contributed by atoms with E-state index in [4.69, 9.17) is 9.29 Å². The van der Waals surface area contributed by atoms with Crippen LogP contribution in [0.15, 0.2) is 54.6 Å². The topological polar surface area (TPSA) is 174 Å². The number of nitrogens with one attached hydrogen (secondary N) is 3. The van der Waals surface area contributed by atoms with Crippen LogP contribution in [0.4, 0.5) is 9.59 Å². The highest BCUT2D eigenvalue weighted by molar-refractivity contribution is 7.84. The number of carbonyl (C=O) groups excluding carboxylic acids is 4. The van der Waals surface area contributed by atoms with Crippen molar-refractivity contribution in [3.05, 3.63) is 65.7 Å². The van der Waals surface area contributed by atoms with E-state index in [1.165, 1.54) is 26.2 Å². The molecule has 0 saturated carbocycles. The first-order chi connectivity index (χ1) is 17.0. The molecule has 1 heterocycles. The second-order valence-electron chi connectivity index (χ2n) is 7.75. The molecule has 0 spiro atoms. The smallest absolute Gasteiger partial charge is 0.362 e. The summed E-state index contributed by atoms with van der Waals surface area (Å²) in [6.45, 7) is -0.152. The van der Waals surface area contributed by atoms with Gasteiger partial charge in [-0.05, 0) is 23.3 Å². The molecule has 3 rings (SSSR count). The van der Waals surface area contributed by atoms with Gasteiger partial charge in [0.15, 0.2) is 0 Å². The molecule has 14 heteroatoms. The van der Waals surface area contributed by atoms with Gasteiger partial charge in [-0.3, -0.25) is 14.1 Å². The van der Waals surface area contributed by atoms with Crippen LogP contribution in [0.25, 0.3) is 0 Å². The highest BCUT2D eigenvalue weighted by atomic mass is 32.2. The van der Waals surface area contributed by atoms with Crippen LogP contribution < -0.4 is 20.7 Å². The third-order valence-electron chi connectivity index (χ3n) is 5.30. The molecule has 192 valence electrons. The number of imide groups is 1. The first-order valence-corrected chi connectivity index (χ1v) is 12.0. The molecule has 4 N–H and O–H groups in total. The summed E-state index contributed by atoms with van der Waals surface area (Å²) in [6, 6.07) is 11.5. The van der Waals surface area contributed by atoms with Gasteiger partial charge in [0.05, 0.1) is 6.54 Å². The van der Waals surface area contributed by atoms with Crippen molar-refractivity contribution in [2.75, 3.05) is 20.6 Å². The molecule has 2 unspecified atom stereocenters. The van der Waals surface area contributed by atoms with E-state index in [1.54, 1.807) is 12.1 Å². The average Bonchev–Trinajstić information content (AvgIpc) is 2.86. The van der Waals surface area contributed by atoms with Gasteiger partial charge in [0, 0.05) is 14.1 Å². The average molecular weight is 520 g/mol. The van der Waals surface area contributed by atoms with Crippen molar-refractivity contribution < 1.29 is 36.9 Å². The molecule has 6 amide bonds. The van der Waals surface area contributed by atoms with E-state index in [0.717, 1.165) is 5.56 Å². The molecule has 0 bridgehead atoms. The predicted octanol–water partition coefficient (Wildman–Crippen LogP) is 0.417. The molecule has 1 fully saturated rings. The number of urea groups is 2. The van der Waals surface area contributed by atoms with Crippen LogP contribution in [0.3, 0.4) is 0 Å². The highest BCUT2D eigenvalue weighted by Crippen LogP contribution is 2.21. The van der Waals surface area contributed by atoms with E-state index in [1.807, 2.05) is 30.3 Å². The van der Waals surface area contributed by atoms with E-state index in [0.29, 0.717) is 22.8 Å². The fourth-order valence-electron chi connectivity index (χ4n) is 3.24. The Morgan fingerprint density at radius 1 is 1.11 bits per heavy atom. The normalized spacial score (nSPS) is 15.8. The number of hydrogen-bond acceptors (Lipinski definition) is 7. The van der Waals surface area contributed by atoms with E-state index in [9.17, 15) is 27.6 Å². The zero-order chi connectivity index (χ0) is 26.5. The van der Waals surface area contributed by atoms with Crippen LogP contribution in [-0.4, -0.2) is 72.7 Å². The minimum absolute atomic E-state index is 0.198. The van der Waals surface area contributed by atoms with Crippen LogP contribution in [-0.2, 0) is 26.5 Å². The summed E-state index contributed by atoms with van der Waals surface area (Å²) < 4.78 is 37.2. The molecular formula is C22H25N5O8S. The maximum atomic E-state index is 13.0. The molecule has 1 aliphatic heterocycles. The van der Waals surface area contributed by atoms with Crippen molar-refractivity contribution in [1.82, 2.24) is 25.2 Å². The summed E-state index contributed by atoms with van der Waals surface area (Å²) in [4.78, 5) is 50.0. The van der Waals surface area contributed by atoms with Crippen molar-refractivity contribution in [1.29, 1.82) is 0 Å². The highest BCUT2D eigenvalue weighted by Gasteiger charge is 2.45. The lowest BCUT2D eigenvalue weighted by atomic mass is 10.0. The Balaban J connectivity index is 1.74. The number of rotatable bonds is 8. The lowest BCUT2D eigenvalue weighted by molar-refractivity contribution is -0.141. The summed E-state index contributed by atoms with van der Waals surface area (Å²) in [7, 11) is -2.21. The first-order valence-electron chi connectivity index (χ1n) is 10.6. The van der Waals surface area contributed by atoms with Gasteiger partial charge in [-0.25, -0.2) is 18.8 Å². The molecule has 0 aromatic heterocycles. The fraction of sp³-hybridized carbons (Fsp3) is 0.273. The third kappa shape index (κ3) is 6.28.